The molecule has 0 aromatic carbocycles. The third-order valence-corrected chi connectivity index (χ3v) is 2.34. The van der Waals surface area contributed by atoms with Gasteiger partial charge in [-0.1, -0.05) is 0 Å². The lowest BCUT2D eigenvalue weighted by atomic mass is 10.2. The van der Waals surface area contributed by atoms with Crippen LogP contribution in [0.3, 0.4) is 0 Å². The van der Waals surface area contributed by atoms with Gasteiger partial charge in [0.15, 0.2) is 6.29 Å². The van der Waals surface area contributed by atoms with Crippen LogP contribution in [0.5, 0.6) is 0 Å². The number of nitriles is 1. The molecule has 0 bridgehead atoms. The summed E-state index contributed by atoms with van der Waals surface area (Å²) in [5.41, 5.74) is -0.912. The van der Waals surface area contributed by atoms with E-state index >= 15 is 0 Å². The molecule has 0 saturated heterocycles. The quantitative estimate of drug-likeness (QED) is 0.622. The first-order chi connectivity index (χ1) is 6.60. The van der Waals surface area contributed by atoms with Gasteiger partial charge in [0, 0.05) is 3.57 Å². The standard InChI is InChI=1S/C8H3F2IN2O/c9-8(10)7-4(2-12)1-5(11)6(3-14)13-7/h1,3,8H. The fraction of sp³-hybridized carbons (Fsp3) is 0.125. The molecule has 1 heterocycles. The highest BCUT2D eigenvalue weighted by atomic mass is 127. The third kappa shape index (κ3) is 2.04. The Balaban J connectivity index is 3.41. The van der Waals surface area contributed by atoms with Gasteiger partial charge in [-0.05, 0) is 28.7 Å². The minimum atomic E-state index is -2.85. The third-order valence-electron chi connectivity index (χ3n) is 1.47. The maximum Gasteiger partial charge on any atom is 0.281 e. The predicted octanol–water partition coefficient (Wildman–Crippen LogP) is 2.31. The highest BCUT2D eigenvalue weighted by molar-refractivity contribution is 14.1. The molecule has 0 aliphatic rings. The van der Waals surface area contributed by atoms with Crippen LogP contribution in [-0.2, 0) is 0 Å². The van der Waals surface area contributed by atoms with Crippen LogP contribution in [0.15, 0.2) is 6.07 Å². The van der Waals surface area contributed by atoms with E-state index in [1.54, 1.807) is 28.7 Å². The van der Waals surface area contributed by atoms with Crippen molar-refractivity contribution < 1.29 is 13.6 Å². The number of carbonyl (C=O) groups is 1. The highest BCUT2D eigenvalue weighted by Gasteiger charge is 2.17. The number of aromatic nitrogens is 1. The van der Waals surface area contributed by atoms with E-state index in [2.05, 4.69) is 4.98 Å². The number of halogens is 3. The molecule has 1 aromatic heterocycles. The molecule has 1 aromatic rings. The predicted molar refractivity (Wildman–Crippen MR) is 52.0 cm³/mol. The fourth-order valence-corrected chi connectivity index (χ4v) is 1.42. The summed E-state index contributed by atoms with van der Waals surface area (Å²) >= 11 is 1.76. The van der Waals surface area contributed by atoms with Gasteiger partial charge in [0.2, 0.25) is 0 Å². The minimum Gasteiger partial charge on any atom is -0.296 e. The average Bonchev–Trinajstić information content (AvgIpc) is 2.16. The lowest BCUT2D eigenvalue weighted by molar-refractivity contribution is 0.111. The minimum absolute atomic E-state index is 0.0695. The van der Waals surface area contributed by atoms with Gasteiger partial charge in [-0.2, -0.15) is 5.26 Å². The molecule has 0 fully saturated rings. The SMILES string of the molecule is N#Cc1cc(I)c(C=O)nc1C(F)F. The maximum atomic E-state index is 12.3. The molecule has 0 aliphatic carbocycles. The van der Waals surface area contributed by atoms with Crippen LogP contribution in [0.2, 0.25) is 0 Å². The van der Waals surface area contributed by atoms with E-state index in [0.717, 1.165) is 0 Å². The summed E-state index contributed by atoms with van der Waals surface area (Å²) in [6.07, 6.45) is -2.46. The van der Waals surface area contributed by atoms with Crippen LogP contribution in [-0.4, -0.2) is 11.3 Å². The van der Waals surface area contributed by atoms with Crippen molar-refractivity contribution in [3.8, 4) is 6.07 Å². The zero-order valence-corrected chi connectivity index (χ0v) is 8.83. The van der Waals surface area contributed by atoms with Gasteiger partial charge in [-0.25, -0.2) is 13.8 Å². The summed E-state index contributed by atoms with van der Waals surface area (Å²) in [7, 11) is 0. The van der Waals surface area contributed by atoms with Crippen molar-refractivity contribution in [1.29, 1.82) is 5.26 Å². The van der Waals surface area contributed by atoms with E-state index in [0.29, 0.717) is 9.86 Å². The summed E-state index contributed by atoms with van der Waals surface area (Å²) in [6, 6.07) is 2.83. The van der Waals surface area contributed by atoms with Gasteiger partial charge < -0.3 is 0 Å². The first kappa shape index (κ1) is 11.0. The monoisotopic (exact) mass is 308 g/mol. The number of pyridine rings is 1. The molecule has 72 valence electrons. The number of hydrogen-bond acceptors (Lipinski definition) is 3. The van der Waals surface area contributed by atoms with Crippen LogP contribution in [0.25, 0.3) is 0 Å². The molecule has 0 saturated carbocycles. The van der Waals surface area contributed by atoms with Gasteiger partial charge in [0.25, 0.3) is 6.43 Å². The van der Waals surface area contributed by atoms with Gasteiger partial charge in [0.1, 0.15) is 17.5 Å². The Labute approximate surface area is 91.9 Å². The van der Waals surface area contributed by atoms with Crippen molar-refractivity contribution in [2.24, 2.45) is 0 Å². The second-order valence-corrected chi connectivity index (χ2v) is 3.48. The highest BCUT2D eigenvalue weighted by Crippen LogP contribution is 2.23. The van der Waals surface area contributed by atoms with E-state index in [-0.39, 0.29) is 11.3 Å². The molecule has 0 amide bonds. The Morgan fingerprint density at radius 3 is 2.71 bits per heavy atom. The molecule has 1 rings (SSSR count). The lowest BCUT2D eigenvalue weighted by Gasteiger charge is -2.03. The molecule has 0 radical (unpaired) electrons. The fourth-order valence-electron chi connectivity index (χ4n) is 0.857. The van der Waals surface area contributed by atoms with Crippen molar-refractivity contribution >= 4 is 28.9 Å². The van der Waals surface area contributed by atoms with Crippen LogP contribution >= 0.6 is 22.6 Å². The Kier molecular flexibility index (Phi) is 3.46. The molecule has 6 heteroatoms. The summed E-state index contributed by atoms with van der Waals surface area (Å²) in [6.45, 7) is 0. The Hall–Kier alpha value is -1.10. The van der Waals surface area contributed by atoms with E-state index in [4.69, 9.17) is 5.26 Å². The van der Waals surface area contributed by atoms with Crippen molar-refractivity contribution in [2.75, 3.05) is 0 Å². The van der Waals surface area contributed by atoms with E-state index < -0.39 is 12.1 Å². The largest absolute Gasteiger partial charge is 0.296 e. The number of hydrogen-bond donors (Lipinski definition) is 0. The molecular formula is C8H3F2IN2O. The topological polar surface area (TPSA) is 53.8 Å². The summed E-state index contributed by atoms with van der Waals surface area (Å²) in [5, 5.41) is 8.54. The smallest absolute Gasteiger partial charge is 0.281 e. The second kappa shape index (κ2) is 4.41. The van der Waals surface area contributed by atoms with Crippen molar-refractivity contribution in [1.82, 2.24) is 4.98 Å². The molecule has 0 spiro atoms. The number of aldehydes is 1. The van der Waals surface area contributed by atoms with Crippen LogP contribution in [0, 0.1) is 14.9 Å². The van der Waals surface area contributed by atoms with E-state index in [9.17, 15) is 13.6 Å². The second-order valence-electron chi connectivity index (χ2n) is 2.32. The molecule has 14 heavy (non-hydrogen) atoms. The van der Waals surface area contributed by atoms with Gasteiger partial charge in [-0.3, -0.25) is 4.79 Å². The molecule has 0 aliphatic heterocycles. The number of rotatable bonds is 2. The molecule has 3 nitrogen and oxygen atoms in total. The van der Waals surface area contributed by atoms with Crippen molar-refractivity contribution in [3.05, 3.63) is 26.6 Å². The maximum absolute atomic E-state index is 12.3. The van der Waals surface area contributed by atoms with Crippen LogP contribution in [0.4, 0.5) is 8.78 Å². The first-order valence-electron chi connectivity index (χ1n) is 3.44. The van der Waals surface area contributed by atoms with Crippen LogP contribution in [0.1, 0.15) is 28.2 Å². The lowest BCUT2D eigenvalue weighted by Crippen LogP contribution is -2.01. The van der Waals surface area contributed by atoms with E-state index in [1.165, 1.54) is 6.07 Å². The zero-order valence-electron chi connectivity index (χ0n) is 6.67. The van der Waals surface area contributed by atoms with Gasteiger partial charge >= 0.3 is 0 Å². The van der Waals surface area contributed by atoms with Crippen molar-refractivity contribution in [2.45, 2.75) is 6.43 Å². The molecular weight excluding hydrogens is 305 g/mol. The summed E-state index contributed by atoms with van der Waals surface area (Å²) in [4.78, 5) is 13.8. The number of nitrogens with zero attached hydrogens (tertiary/aromatic N) is 2. The van der Waals surface area contributed by atoms with Crippen molar-refractivity contribution in [3.63, 3.8) is 0 Å². The average molecular weight is 308 g/mol. The summed E-state index contributed by atoms with van der Waals surface area (Å²) in [5.74, 6) is 0. The molecule has 0 N–H and O–H groups in total. The first-order valence-corrected chi connectivity index (χ1v) is 4.52. The number of carbonyl (C=O) groups excluding carboxylic acids is 1. The Morgan fingerprint density at radius 1 is 1.64 bits per heavy atom. The Bertz CT molecular complexity index is 415. The van der Waals surface area contributed by atoms with E-state index in [1.807, 2.05) is 0 Å². The zero-order chi connectivity index (χ0) is 10.7. The Morgan fingerprint density at radius 2 is 2.29 bits per heavy atom. The van der Waals surface area contributed by atoms with Gasteiger partial charge in [-0.15, -0.1) is 0 Å². The number of alkyl halides is 2. The van der Waals surface area contributed by atoms with Gasteiger partial charge in [0.05, 0.1) is 5.56 Å². The van der Waals surface area contributed by atoms with Crippen LogP contribution < -0.4 is 0 Å². The molecule has 0 unspecified atom stereocenters. The summed E-state index contributed by atoms with van der Waals surface area (Å²) < 4.78 is 25.0. The molecule has 0 atom stereocenters. The normalized spacial score (nSPS) is 9.93.